The monoisotopic (exact) mass is 299 g/mol. The normalized spacial score (nSPS) is 19.2. The Labute approximate surface area is 106 Å². The van der Waals surface area contributed by atoms with Gasteiger partial charge in [0.1, 0.15) is 6.61 Å². The number of hydrogen-bond donors (Lipinski definition) is 1. The Morgan fingerprint density at radius 3 is 2.88 bits per heavy atom. The zero-order valence-corrected chi connectivity index (χ0v) is 10.4. The molecule has 0 aromatic heterocycles. The van der Waals surface area contributed by atoms with Crippen molar-refractivity contribution in [2.24, 2.45) is 0 Å². The molecule has 6 heteroatoms. The van der Waals surface area contributed by atoms with Crippen molar-refractivity contribution in [3.63, 3.8) is 0 Å². The van der Waals surface area contributed by atoms with E-state index in [1.807, 2.05) is 24.3 Å². The van der Waals surface area contributed by atoms with E-state index in [0.717, 1.165) is 10.0 Å². The third-order valence-corrected chi connectivity index (χ3v) is 3.33. The Morgan fingerprint density at radius 2 is 2.24 bits per heavy atom. The van der Waals surface area contributed by atoms with Crippen LogP contribution >= 0.6 is 15.9 Å². The molecule has 1 aromatic carbocycles. The topological polar surface area (TPSA) is 66.8 Å². The maximum Gasteiger partial charge on any atom is 0.411 e. The lowest BCUT2D eigenvalue weighted by Gasteiger charge is -2.18. The van der Waals surface area contributed by atoms with Crippen molar-refractivity contribution in [1.82, 2.24) is 4.90 Å². The van der Waals surface area contributed by atoms with Gasteiger partial charge >= 0.3 is 12.1 Å². The molecule has 1 heterocycles. The van der Waals surface area contributed by atoms with Crippen molar-refractivity contribution in [2.75, 3.05) is 6.61 Å². The lowest BCUT2D eigenvalue weighted by Crippen LogP contribution is -2.38. The number of nitrogens with zero attached hydrogens (tertiary/aromatic N) is 1. The summed E-state index contributed by atoms with van der Waals surface area (Å²) in [6, 6.07) is 6.44. The maximum absolute atomic E-state index is 11.4. The van der Waals surface area contributed by atoms with E-state index < -0.39 is 18.1 Å². The zero-order chi connectivity index (χ0) is 12.4. The smallest absolute Gasteiger partial charge is 0.411 e. The third kappa shape index (κ3) is 2.41. The third-order valence-electron chi connectivity index (χ3n) is 2.56. The van der Waals surface area contributed by atoms with Crippen molar-refractivity contribution < 1.29 is 19.4 Å². The average molecular weight is 300 g/mol. The predicted octanol–water partition coefficient (Wildman–Crippen LogP) is 1.85. The second kappa shape index (κ2) is 4.75. The molecule has 1 unspecified atom stereocenters. The summed E-state index contributed by atoms with van der Waals surface area (Å²) < 4.78 is 5.58. The molecule has 0 spiro atoms. The van der Waals surface area contributed by atoms with E-state index in [1.54, 1.807) is 0 Å². The predicted molar refractivity (Wildman–Crippen MR) is 62.5 cm³/mol. The lowest BCUT2D eigenvalue weighted by atomic mass is 10.2. The number of benzene rings is 1. The Kier molecular flexibility index (Phi) is 3.33. The van der Waals surface area contributed by atoms with Crippen LogP contribution in [-0.4, -0.2) is 34.7 Å². The van der Waals surface area contributed by atoms with Gasteiger partial charge in [0.15, 0.2) is 6.04 Å². The average Bonchev–Trinajstić information content (AvgIpc) is 2.64. The number of carboxylic acid groups (broad SMARTS) is 1. The molecule has 5 nitrogen and oxygen atoms in total. The number of halogens is 1. The van der Waals surface area contributed by atoms with Crippen LogP contribution in [0.25, 0.3) is 0 Å². The van der Waals surface area contributed by atoms with E-state index in [2.05, 4.69) is 15.9 Å². The maximum atomic E-state index is 11.4. The number of amides is 1. The lowest BCUT2D eigenvalue weighted by molar-refractivity contribution is -0.141. The summed E-state index contributed by atoms with van der Waals surface area (Å²) in [5, 5.41) is 8.96. The molecule has 0 bridgehead atoms. The van der Waals surface area contributed by atoms with Crippen LogP contribution < -0.4 is 0 Å². The van der Waals surface area contributed by atoms with Gasteiger partial charge in [0, 0.05) is 4.47 Å². The molecule has 17 heavy (non-hydrogen) atoms. The second-order valence-electron chi connectivity index (χ2n) is 3.65. The molecule has 0 aliphatic carbocycles. The van der Waals surface area contributed by atoms with Gasteiger partial charge < -0.3 is 9.84 Å². The SMILES string of the molecule is O=C(O)C1COC(=O)N1Cc1ccccc1Br. The standard InChI is InChI=1S/C11H10BrNO4/c12-8-4-2-1-3-7(8)5-13-9(10(14)15)6-17-11(13)16/h1-4,9H,5-6H2,(H,14,15). The summed E-state index contributed by atoms with van der Waals surface area (Å²) in [7, 11) is 0. The highest BCUT2D eigenvalue weighted by Crippen LogP contribution is 2.22. The van der Waals surface area contributed by atoms with Gasteiger partial charge in [0.25, 0.3) is 0 Å². The van der Waals surface area contributed by atoms with Gasteiger partial charge in [-0.15, -0.1) is 0 Å². The van der Waals surface area contributed by atoms with Crippen LogP contribution in [0.2, 0.25) is 0 Å². The van der Waals surface area contributed by atoms with Crippen molar-refractivity contribution in [3.05, 3.63) is 34.3 Å². The van der Waals surface area contributed by atoms with Gasteiger partial charge in [0.05, 0.1) is 6.54 Å². The zero-order valence-electron chi connectivity index (χ0n) is 8.80. The number of ether oxygens (including phenoxy) is 1. The fraction of sp³-hybridized carbons (Fsp3) is 0.273. The van der Waals surface area contributed by atoms with E-state index >= 15 is 0 Å². The number of aliphatic carboxylic acids is 1. The Morgan fingerprint density at radius 1 is 1.53 bits per heavy atom. The van der Waals surface area contributed by atoms with Gasteiger partial charge in [-0.05, 0) is 11.6 Å². The first kappa shape index (κ1) is 11.9. The number of carboxylic acids is 1. The molecule has 1 fully saturated rings. The van der Waals surface area contributed by atoms with Crippen LogP contribution in [0.5, 0.6) is 0 Å². The molecular weight excluding hydrogens is 290 g/mol. The summed E-state index contributed by atoms with van der Waals surface area (Å²) >= 11 is 3.35. The minimum Gasteiger partial charge on any atom is -0.480 e. The summed E-state index contributed by atoms with van der Waals surface area (Å²) in [6.07, 6.45) is -0.590. The highest BCUT2D eigenvalue weighted by molar-refractivity contribution is 9.10. The van der Waals surface area contributed by atoms with Crippen LogP contribution in [0.1, 0.15) is 5.56 Å². The van der Waals surface area contributed by atoms with Crippen molar-refractivity contribution in [3.8, 4) is 0 Å². The van der Waals surface area contributed by atoms with Crippen molar-refractivity contribution in [1.29, 1.82) is 0 Å². The van der Waals surface area contributed by atoms with Gasteiger partial charge in [-0.3, -0.25) is 4.90 Å². The molecule has 0 radical (unpaired) electrons. The van der Waals surface area contributed by atoms with E-state index in [-0.39, 0.29) is 13.2 Å². The van der Waals surface area contributed by atoms with Crippen LogP contribution in [0, 0.1) is 0 Å². The number of carbonyl (C=O) groups is 2. The van der Waals surface area contributed by atoms with Crippen LogP contribution in [0.15, 0.2) is 28.7 Å². The van der Waals surface area contributed by atoms with Gasteiger partial charge in [0.2, 0.25) is 0 Å². The highest BCUT2D eigenvalue weighted by Gasteiger charge is 2.38. The number of cyclic esters (lactones) is 1. The molecule has 1 aliphatic rings. The molecule has 1 N–H and O–H groups in total. The van der Waals surface area contributed by atoms with Gasteiger partial charge in [-0.2, -0.15) is 0 Å². The summed E-state index contributed by atoms with van der Waals surface area (Å²) in [5.74, 6) is -1.05. The fourth-order valence-corrected chi connectivity index (χ4v) is 2.05. The van der Waals surface area contributed by atoms with Crippen LogP contribution in [-0.2, 0) is 16.1 Å². The van der Waals surface area contributed by atoms with Crippen molar-refractivity contribution >= 4 is 28.0 Å². The molecule has 1 aliphatic heterocycles. The molecule has 0 saturated carbocycles. The fourth-order valence-electron chi connectivity index (χ4n) is 1.64. The number of carbonyl (C=O) groups excluding carboxylic acids is 1. The number of rotatable bonds is 3. The summed E-state index contributed by atoms with van der Waals surface area (Å²) in [6.45, 7) is 0.121. The summed E-state index contributed by atoms with van der Waals surface area (Å²) in [4.78, 5) is 23.6. The largest absolute Gasteiger partial charge is 0.480 e. The number of hydrogen-bond acceptors (Lipinski definition) is 3. The second-order valence-corrected chi connectivity index (χ2v) is 4.50. The Balaban J connectivity index is 2.19. The molecule has 1 saturated heterocycles. The molecule has 2 rings (SSSR count). The first-order chi connectivity index (χ1) is 8.09. The van der Waals surface area contributed by atoms with E-state index in [9.17, 15) is 9.59 Å². The van der Waals surface area contributed by atoms with E-state index in [4.69, 9.17) is 9.84 Å². The van der Waals surface area contributed by atoms with Gasteiger partial charge in [-0.25, -0.2) is 9.59 Å². The Hall–Kier alpha value is -1.56. The van der Waals surface area contributed by atoms with E-state index in [0.29, 0.717) is 0 Å². The minimum atomic E-state index is -1.05. The highest BCUT2D eigenvalue weighted by atomic mass is 79.9. The first-order valence-electron chi connectivity index (χ1n) is 4.99. The van der Waals surface area contributed by atoms with Crippen molar-refractivity contribution in [2.45, 2.75) is 12.6 Å². The molecule has 1 amide bonds. The van der Waals surface area contributed by atoms with Crippen LogP contribution in [0.3, 0.4) is 0 Å². The molecule has 1 atom stereocenters. The molecule has 90 valence electrons. The molecule has 1 aromatic rings. The quantitative estimate of drug-likeness (QED) is 0.925. The van der Waals surface area contributed by atoms with Crippen LogP contribution in [0.4, 0.5) is 4.79 Å². The summed E-state index contributed by atoms with van der Waals surface area (Å²) in [5.41, 5.74) is 0.845. The van der Waals surface area contributed by atoms with E-state index in [1.165, 1.54) is 4.90 Å². The minimum absolute atomic E-state index is 0.0986. The van der Waals surface area contributed by atoms with Gasteiger partial charge in [-0.1, -0.05) is 34.1 Å². The first-order valence-corrected chi connectivity index (χ1v) is 5.78. The molecular formula is C11H10BrNO4. The Bertz CT molecular complexity index is 463.